The summed E-state index contributed by atoms with van der Waals surface area (Å²) < 4.78 is 23.0. The van der Waals surface area contributed by atoms with E-state index < -0.39 is 12.6 Å². The van der Waals surface area contributed by atoms with Crippen LogP contribution in [0.5, 0.6) is 17.6 Å². The molecule has 1 aliphatic carbocycles. The summed E-state index contributed by atoms with van der Waals surface area (Å²) in [5.74, 6) is 0.756. The lowest BCUT2D eigenvalue weighted by Crippen LogP contribution is -2.20. The standard InChI is InChI=1S/C23H27N3O6/c1-4-8-29-21-18-22(26-23(25-21)31-11-15-6-5-7-15)32-20(24-18)16-9-13(2)19(14(3)10-16)30-12-17(27)28/h9-10,15H,4-8,11-12H2,1-3H3,(H,27,28). The van der Waals surface area contributed by atoms with Gasteiger partial charge < -0.3 is 23.7 Å². The van der Waals surface area contributed by atoms with Crippen molar-refractivity contribution in [1.29, 1.82) is 0 Å². The van der Waals surface area contributed by atoms with E-state index in [-0.39, 0.29) is 6.01 Å². The molecule has 1 aliphatic rings. The number of hydrogen-bond acceptors (Lipinski definition) is 8. The predicted octanol–water partition coefficient (Wildman–Crippen LogP) is 4.33. The molecule has 2 aromatic heterocycles. The van der Waals surface area contributed by atoms with Gasteiger partial charge in [0.25, 0.3) is 11.6 Å². The Balaban J connectivity index is 1.66. The number of aromatic nitrogens is 3. The summed E-state index contributed by atoms with van der Waals surface area (Å²) in [5.41, 5.74) is 3.01. The molecule has 1 aromatic carbocycles. The Morgan fingerprint density at radius 3 is 2.50 bits per heavy atom. The molecule has 0 bridgehead atoms. The van der Waals surface area contributed by atoms with Crippen LogP contribution in [-0.2, 0) is 4.79 Å². The molecule has 1 fully saturated rings. The first kappa shape index (κ1) is 21.9. The number of fused-ring (bicyclic) bond motifs is 1. The molecule has 0 spiro atoms. The molecule has 0 radical (unpaired) electrons. The topological polar surface area (TPSA) is 117 Å². The molecule has 3 aromatic rings. The average molecular weight is 441 g/mol. The highest BCUT2D eigenvalue weighted by Crippen LogP contribution is 2.34. The third-order valence-electron chi connectivity index (χ3n) is 5.37. The Morgan fingerprint density at radius 1 is 1.12 bits per heavy atom. The second-order valence-corrected chi connectivity index (χ2v) is 8.06. The third-order valence-corrected chi connectivity index (χ3v) is 5.37. The molecule has 4 rings (SSSR count). The van der Waals surface area contributed by atoms with E-state index in [9.17, 15) is 4.79 Å². The number of benzene rings is 1. The number of rotatable bonds is 10. The first-order valence-electron chi connectivity index (χ1n) is 10.8. The van der Waals surface area contributed by atoms with Crippen molar-refractivity contribution < 1.29 is 28.5 Å². The van der Waals surface area contributed by atoms with Gasteiger partial charge in [-0.2, -0.15) is 9.97 Å². The largest absolute Gasteiger partial charge is 0.481 e. The van der Waals surface area contributed by atoms with Gasteiger partial charge in [-0.1, -0.05) is 13.3 Å². The number of carboxylic acids is 1. The van der Waals surface area contributed by atoms with Crippen molar-refractivity contribution >= 4 is 17.2 Å². The van der Waals surface area contributed by atoms with E-state index in [4.69, 9.17) is 23.7 Å². The van der Waals surface area contributed by atoms with Crippen molar-refractivity contribution in [3.05, 3.63) is 23.3 Å². The molecule has 0 saturated heterocycles. The Hall–Kier alpha value is -3.36. The molecule has 9 heteroatoms. The quantitative estimate of drug-likeness (QED) is 0.490. The van der Waals surface area contributed by atoms with Crippen molar-refractivity contribution in [3.8, 4) is 29.1 Å². The Bertz CT molecular complexity index is 1100. The monoisotopic (exact) mass is 441 g/mol. The summed E-state index contributed by atoms with van der Waals surface area (Å²) in [6.45, 7) is 6.37. The maximum Gasteiger partial charge on any atom is 0.341 e. The summed E-state index contributed by atoms with van der Waals surface area (Å²) in [5, 5.41) is 8.88. The zero-order valence-corrected chi connectivity index (χ0v) is 18.5. The fourth-order valence-corrected chi connectivity index (χ4v) is 3.55. The van der Waals surface area contributed by atoms with Crippen molar-refractivity contribution in [1.82, 2.24) is 15.0 Å². The van der Waals surface area contributed by atoms with E-state index >= 15 is 0 Å². The lowest BCUT2D eigenvalue weighted by molar-refractivity contribution is -0.139. The number of ether oxygens (including phenoxy) is 3. The SMILES string of the molecule is CCCOc1nc(OCC2CCC2)nc2oc(-c3cc(C)c(OCC(=O)O)c(C)c3)nc12. The highest BCUT2D eigenvalue weighted by Gasteiger charge is 2.22. The molecular formula is C23H27N3O6. The fraction of sp³-hybridized carbons (Fsp3) is 0.478. The molecule has 170 valence electrons. The maximum atomic E-state index is 10.8. The first-order valence-corrected chi connectivity index (χ1v) is 10.8. The number of aryl methyl sites for hydroxylation is 2. The number of aliphatic carboxylic acids is 1. The van der Waals surface area contributed by atoms with Crippen LogP contribution in [0, 0.1) is 19.8 Å². The molecule has 0 unspecified atom stereocenters. The highest BCUT2D eigenvalue weighted by molar-refractivity contribution is 5.78. The summed E-state index contributed by atoms with van der Waals surface area (Å²) in [6, 6.07) is 3.90. The van der Waals surface area contributed by atoms with Gasteiger partial charge in [0.15, 0.2) is 12.1 Å². The summed E-state index contributed by atoms with van der Waals surface area (Å²) in [6.07, 6.45) is 4.39. The van der Waals surface area contributed by atoms with E-state index in [0.29, 0.717) is 47.9 Å². The van der Waals surface area contributed by atoms with Gasteiger partial charge in [0, 0.05) is 5.56 Å². The Kier molecular flexibility index (Phi) is 6.43. The summed E-state index contributed by atoms with van der Waals surface area (Å²) in [4.78, 5) is 24.2. The van der Waals surface area contributed by atoms with Crippen LogP contribution in [0.25, 0.3) is 22.7 Å². The highest BCUT2D eigenvalue weighted by atomic mass is 16.5. The van der Waals surface area contributed by atoms with Crippen LogP contribution in [-0.4, -0.2) is 45.8 Å². The van der Waals surface area contributed by atoms with Crippen LogP contribution in [0.3, 0.4) is 0 Å². The fourth-order valence-electron chi connectivity index (χ4n) is 3.55. The van der Waals surface area contributed by atoms with Gasteiger partial charge in [-0.05, 0) is 62.3 Å². The molecule has 1 saturated carbocycles. The van der Waals surface area contributed by atoms with E-state index in [1.807, 2.05) is 32.9 Å². The van der Waals surface area contributed by atoms with Gasteiger partial charge in [0.2, 0.25) is 5.89 Å². The predicted molar refractivity (Wildman–Crippen MR) is 116 cm³/mol. The molecule has 9 nitrogen and oxygen atoms in total. The van der Waals surface area contributed by atoms with Gasteiger partial charge in [0.05, 0.1) is 13.2 Å². The molecule has 0 amide bonds. The van der Waals surface area contributed by atoms with Crippen LogP contribution in [0.15, 0.2) is 16.5 Å². The second-order valence-electron chi connectivity index (χ2n) is 8.06. The number of carboxylic acid groups (broad SMARTS) is 1. The molecule has 2 heterocycles. The minimum Gasteiger partial charge on any atom is -0.481 e. The van der Waals surface area contributed by atoms with E-state index in [1.54, 1.807) is 0 Å². The number of nitrogens with zero attached hydrogens (tertiary/aromatic N) is 3. The zero-order chi connectivity index (χ0) is 22.7. The number of carbonyl (C=O) groups is 1. The lowest BCUT2D eigenvalue weighted by Gasteiger charge is -2.24. The van der Waals surface area contributed by atoms with Crippen LogP contribution >= 0.6 is 0 Å². The van der Waals surface area contributed by atoms with Crippen molar-refractivity contribution in [2.75, 3.05) is 19.8 Å². The van der Waals surface area contributed by atoms with E-state index in [1.165, 1.54) is 19.3 Å². The van der Waals surface area contributed by atoms with Crippen LogP contribution in [0.1, 0.15) is 43.7 Å². The number of oxazole rings is 1. The van der Waals surface area contributed by atoms with Crippen molar-refractivity contribution in [3.63, 3.8) is 0 Å². The van der Waals surface area contributed by atoms with Crippen LogP contribution < -0.4 is 14.2 Å². The van der Waals surface area contributed by atoms with Gasteiger partial charge in [-0.25, -0.2) is 9.78 Å². The van der Waals surface area contributed by atoms with Gasteiger partial charge in [-0.3, -0.25) is 0 Å². The molecular weight excluding hydrogens is 414 g/mol. The summed E-state index contributed by atoms with van der Waals surface area (Å²) >= 11 is 0. The Labute approximate surface area is 185 Å². The van der Waals surface area contributed by atoms with Gasteiger partial charge in [-0.15, -0.1) is 0 Å². The lowest BCUT2D eigenvalue weighted by atomic mass is 9.86. The molecule has 0 atom stereocenters. The van der Waals surface area contributed by atoms with E-state index in [2.05, 4.69) is 15.0 Å². The summed E-state index contributed by atoms with van der Waals surface area (Å²) in [7, 11) is 0. The second kappa shape index (κ2) is 9.42. The van der Waals surface area contributed by atoms with Crippen molar-refractivity contribution in [2.45, 2.75) is 46.5 Å². The number of hydrogen-bond donors (Lipinski definition) is 1. The minimum atomic E-state index is -1.03. The third kappa shape index (κ3) is 4.76. The Morgan fingerprint density at radius 2 is 1.88 bits per heavy atom. The van der Waals surface area contributed by atoms with Gasteiger partial charge in [0.1, 0.15) is 5.75 Å². The normalized spacial score (nSPS) is 13.7. The van der Waals surface area contributed by atoms with Crippen molar-refractivity contribution in [2.24, 2.45) is 5.92 Å². The van der Waals surface area contributed by atoms with Gasteiger partial charge >= 0.3 is 12.0 Å². The van der Waals surface area contributed by atoms with Crippen LogP contribution in [0.4, 0.5) is 0 Å². The average Bonchev–Trinajstić information content (AvgIpc) is 3.14. The molecule has 32 heavy (non-hydrogen) atoms. The first-order chi connectivity index (χ1) is 15.4. The molecule has 0 aliphatic heterocycles. The van der Waals surface area contributed by atoms with E-state index in [0.717, 1.165) is 23.1 Å². The molecule has 1 N–H and O–H groups in total. The minimum absolute atomic E-state index is 0.225. The van der Waals surface area contributed by atoms with Crippen LogP contribution in [0.2, 0.25) is 0 Å². The zero-order valence-electron chi connectivity index (χ0n) is 18.5. The smallest absolute Gasteiger partial charge is 0.341 e. The maximum absolute atomic E-state index is 10.8.